The Morgan fingerprint density at radius 2 is 2.04 bits per heavy atom. The van der Waals surface area contributed by atoms with Crippen LogP contribution in [0.15, 0.2) is 24.3 Å². The fourth-order valence-corrected chi connectivity index (χ4v) is 3.40. The number of carbonyl (C=O) groups excluding carboxylic acids is 1. The average molecular weight is 343 g/mol. The molecule has 0 bridgehead atoms. The lowest BCUT2D eigenvalue weighted by Gasteiger charge is -2.34. The molecule has 7 heteroatoms. The van der Waals surface area contributed by atoms with Gasteiger partial charge in [0.15, 0.2) is 0 Å². The first-order valence-electron chi connectivity index (χ1n) is 8.86. The van der Waals surface area contributed by atoms with E-state index in [0.717, 1.165) is 49.6 Å². The van der Waals surface area contributed by atoms with Gasteiger partial charge in [0.1, 0.15) is 23.5 Å². The number of halogens is 1. The molecule has 1 saturated carbocycles. The van der Waals surface area contributed by atoms with Crippen LogP contribution in [0.4, 0.5) is 4.39 Å². The van der Waals surface area contributed by atoms with Gasteiger partial charge in [0.2, 0.25) is 5.91 Å². The number of amides is 1. The summed E-state index contributed by atoms with van der Waals surface area (Å²) in [7, 11) is 0. The SMILES string of the molecule is CCc1nnc2n1CCN([C@H](C(=O)NC1CC1)c1ccc(F)cc1)C2. The fraction of sp³-hybridized carbons (Fsp3) is 0.500. The van der Waals surface area contributed by atoms with Crippen molar-refractivity contribution in [2.75, 3.05) is 6.54 Å². The highest BCUT2D eigenvalue weighted by atomic mass is 19.1. The maximum Gasteiger partial charge on any atom is 0.242 e. The molecular formula is C18H22FN5O. The zero-order valence-electron chi connectivity index (χ0n) is 14.3. The molecule has 1 N–H and O–H groups in total. The normalized spacial score (nSPS) is 18.6. The molecule has 0 spiro atoms. The molecule has 2 aromatic rings. The van der Waals surface area contributed by atoms with Crippen LogP contribution in [0.2, 0.25) is 0 Å². The number of nitrogens with zero attached hydrogens (tertiary/aromatic N) is 4. The standard InChI is InChI=1S/C18H22FN5O/c1-2-15-21-22-16-11-23(9-10-24(15)16)17(18(25)20-14-7-8-14)12-3-5-13(19)6-4-12/h3-6,14,17H,2,7-11H2,1H3,(H,20,25)/t17-/m0/s1. The number of fused-ring (bicyclic) bond motifs is 1. The van der Waals surface area contributed by atoms with Crippen LogP contribution >= 0.6 is 0 Å². The van der Waals surface area contributed by atoms with Gasteiger partial charge in [-0.05, 0) is 30.5 Å². The molecule has 1 aliphatic heterocycles. The summed E-state index contributed by atoms with van der Waals surface area (Å²) in [5.41, 5.74) is 0.809. The third kappa shape index (κ3) is 3.28. The van der Waals surface area contributed by atoms with Gasteiger partial charge in [-0.25, -0.2) is 4.39 Å². The van der Waals surface area contributed by atoms with Gasteiger partial charge in [0.05, 0.1) is 6.54 Å². The van der Waals surface area contributed by atoms with E-state index in [1.807, 2.05) is 0 Å². The number of aromatic nitrogens is 3. The van der Waals surface area contributed by atoms with E-state index in [1.54, 1.807) is 12.1 Å². The summed E-state index contributed by atoms with van der Waals surface area (Å²) in [5.74, 6) is 1.55. The molecule has 6 nitrogen and oxygen atoms in total. The third-order valence-corrected chi connectivity index (χ3v) is 4.90. The summed E-state index contributed by atoms with van der Waals surface area (Å²) in [4.78, 5) is 15.0. The number of hydrogen-bond acceptors (Lipinski definition) is 4. The highest BCUT2D eigenvalue weighted by Crippen LogP contribution is 2.28. The zero-order chi connectivity index (χ0) is 17.4. The van der Waals surface area contributed by atoms with Gasteiger partial charge in [0, 0.05) is 25.6 Å². The summed E-state index contributed by atoms with van der Waals surface area (Å²) < 4.78 is 15.5. The van der Waals surface area contributed by atoms with Crippen molar-refractivity contribution in [3.05, 3.63) is 47.3 Å². The molecule has 0 radical (unpaired) electrons. The van der Waals surface area contributed by atoms with E-state index < -0.39 is 6.04 Å². The predicted octanol–water partition coefficient (Wildman–Crippen LogP) is 1.82. The van der Waals surface area contributed by atoms with Crippen molar-refractivity contribution in [1.82, 2.24) is 25.0 Å². The monoisotopic (exact) mass is 343 g/mol. The van der Waals surface area contributed by atoms with Gasteiger partial charge in [-0.3, -0.25) is 9.69 Å². The van der Waals surface area contributed by atoms with Crippen molar-refractivity contribution in [2.24, 2.45) is 0 Å². The van der Waals surface area contributed by atoms with Crippen LogP contribution in [0, 0.1) is 5.82 Å². The molecule has 132 valence electrons. The Morgan fingerprint density at radius 3 is 2.72 bits per heavy atom. The van der Waals surface area contributed by atoms with Crippen molar-refractivity contribution in [2.45, 2.75) is 51.4 Å². The Bertz CT molecular complexity index is 768. The quantitative estimate of drug-likeness (QED) is 0.899. The van der Waals surface area contributed by atoms with Gasteiger partial charge in [-0.15, -0.1) is 10.2 Å². The van der Waals surface area contributed by atoms with E-state index in [9.17, 15) is 9.18 Å². The molecule has 1 atom stereocenters. The summed E-state index contributed by atoms with van der Waals surface area (Å²) >= 11 is 0. The molecule has 0 saturated heterocycles. The van der Waals surface area contributed by atoms with Gasteiger partial charge in [-0.2, -0.15) is 0 Å². The van der Waals surface area contributed by atoms with E-state index in [0.29, 0.717) is 6.54 Å². The van der Waals surface area contributed by atoms with Crippen LogP contribution in [0.1, 0.15) is 43.0 Å². The molecule has 1 aromatic carbocycles. The Hall–Kier alpha value is -2.28. The third-order valence-electron chi connectivity index (χ3n) is 4.90. The molecule has 1 fully saturated rings. The van der Waals surface area contributed by atoms with Crippen LogP contribution in [0.5, 0.6) is 0 Å². The van der Waals surface area contributed by atoms with Crippen LogP contribution in [0.3, 0.4) is 0 Å². The largest absolute Gasteiger partial charge is 0.352 e. The van der Waals surface area contributed by atoms with Crippen LogP contribution in [0.25, 0.3) is 0 Å². The second-order valence-corrected chi connectivity index (χ2v) is 6.75. The van der Waals surface area contributed by atoms with Crippen molar-refractivity contribution < 1.29 is 9.18 Å². The summed E-state index contributed by atoms with van der Waals surface area (Å²) in [6.45, 7) is 4.12. The van der Waals surface area contributed by atoms with Gasteiger partial charge in [0.25, 0.3) is 0 Å². The lowest BCUT2D eigenvalue weighted by atomic mass is 10.0. The molecule has 2 aliphatic rings. The highest BCUT2D eigenvalue weighted by Gasteiger charge is 2.34. The molecule has 4 rings (SSSR count). The smallest absolute Gasteiger partial charge is 0.242 e. The number of benzene rings is 1. The van der Waals surface area contributed by atoms with E-state index in [4.69, 9.17) is 0 Å². The van der Waals surface area contributed by atoms with Crippen LogP contribution in [-0.2, 0) is 24.3 Å². The summed E-state index contributed by atoms with van der Waals surface area (Å²) in [6.07, 6.45) is 2.92. The number of rotatable bonds is 5. The molecular weight excluding hydrogens is 321 g/mol. The van der Waals surface area contributed by atoms with E-state index >= 15 is 0 Å². The minimum absolute atomic E-state index is 0.0159. The Balaban J connectivity index is 1.61. The second kappa shape index (κ2) is 6.55. The molecule has 25 heavy (non-hydrogen) atoms. The molecule has 1 amide bonds. The van der Waals surface area contributed by atoms with E-state index in [1.165, 1.54) is 12.1 Å². The minimum Gasteiger partial charge on any atom is -0.352 e. The molecule has 1 aromatic heterocycles. The molecule has 2 heterocycles. The van der Waals surface area contributed by atoms with Crippen LogP contribution < -0.4 is 5.32 Å². The summed E-state index contributed by atoms with van der Waals surface area (Å²) in [6, 6.07) is 6.07. The van der Waals surface area contributed by atoms with Crippen LogP contribution in [-0.4, -0.2) is 38.2 Å². The lowest BCUT2D eigenvalue weighted by Crippen LogP contribution is -2.44. The number of carbonyl (C=O) groups is 1. The topological polar surface area (TPSA) is 63.1 Å². The maximum atomic E-state index is 13.3. The number of nitrogens with one attached hydrogen (secondary N) is 1. The molecule has 1 aliphatic carbocycles. The second-order valence-electron chi connectivity index (χ2n) is 6.75. The minimum atomic E-state index is -0.434. The average Bonchev–Trinajstić information content (AvgIpc) is 3.33. The zero-order valence-corrected chi connectivity index (χ0v) is 14.3. The van der Waals surface area contributed by atoms with Gasteiger partial charge < -0.3 is 9.88 Å². The van der Waals surface area contributed by atoms with Crippen molar-refractivity contribution in [1.29, 1.82) is 0 Å². The Labute approximate surface area is 146 Å². The maximum absolute atomic E-state index is 13.3. The first kappa shape index (κ1) is 16.2. The van der Waals surface area contributed by atoms with E-state index in [2.05, 4.69) is 31.9 Å². The first-order chi connectivity index (χ1) is 12.2. The van der Waals surface area contributed by atoms with E-state index in [-0.39, 0.29) is 17.8 Å². The van der Waals surface area contributed by atoms with Crippen molar-refractivity contribution in [3.8, 4) is 0 Å². The van der Waals surface area contributed by atoms with Gasteiger partial charge in [-0.1, -0.05) is 19.1 Å². The lowest BCUT2D eigenvalue weighted by molar-refractivity contribution is -0.127. The first-order valence-corrected chi connectivity index (χ1v) is 8.86. The number of hydrogen-bond donors (Lipinski definition) is 1. The summed E-state index contributed by atoms with van der Waals surface area (Å²) in [5, 5.41) is 11.6. The molecule has 0 unspecified atom stereocenters. The van der Waals surface area contributed by atoms with Crippen molar-refractivity contribution >= 4 is 5.91 Å². The Kier molecular flexibility index (Phi) is 4.25. The van der Waals surface area contributed by atoms with Crippen molar-refractivity contribution in [3.63, 3.8) is 0 Å². The number of aryl methyl sites for hydroxylation is 1. The predicted molar refractivity (Wildman–Crippen MR) is 90.1 cm³/mol. The highest BCUT2D eigenvalue weighted by molar-refractivity contribution is 5.83. The fourth-order valence-electron chi connectivity index (χ4n) is 3.40. The Morgan fingerprint density at radius 1 is 1.28 bits per heavy atom. The van der Waals surface area contributed by atoms with Gasteiger partial charge >= 0.3 is 0 Å².